The van der Waals surface area contributed by atoms with E-state index in [1.165, 1.54) is 0 Å². The molecule has 2 aromatic rings. The topological polar surface area (TPSA) is 58.6 Å². The van der Waals surface area contributed by atoms with Gasteiger partial charge in [0.05, 0.1) is 7.11 Å². The Balaban J connectivity index is 1.72. The summed E-state index contributed by atoms with van der Waals surface area (Å²) in [6.07, 6.45) is 0. The summed E-state index contributed by atoms with van der Waals surface area (Å²) >= 11 is 0. The summed E-state index contributed by atoms with van der Waals surface area (Å²) in [6, 6.07) is 14.0. The Morgan fingerprint density at radius 3 is 2.74 bits per heavy atom. The normalized spacial score (nSPS) is 14.3. The maximum atomic E-state index is 12.4. The van der Waals surface area contributed by atoms with Gasteiger partial charge in [-0.1, -0.05) is 24.3 Å². The van der Waals surface area contributed by atoms with Gasteiger partial charge in [0, 0.05) is 23.9 Å². The van der Waals surface area contributed by atoms with Crippen LogP contribution in [0.3, 0.4) is 0 Å². The first-order valence-corrected chi connectivity index (χ1v) is 7.44. The molecule has 0 spiro atoms. The lowest BCUT2D eigenvalue weighted by Gasteiger charge is -2.23. The van der Waals surface area contributed by atoms with E-state index in [1.54, 1.807) is 49.3 Å². The molecule has 0 aliphatic carbocycles. The van der Waals surface area contributed by atoms with Gasteiger partial charge in [0.15, 0.2) is 0 Å². The Hall–Kier alpha value is -2.82. The van der Waals surface area contributed by atoms with Gasteiger partial charge >= 0.3 is 0 Å². The third-order valence-electron chi connectivity index (χ3n) is 4.03. The highest BCUT2D eigenvalue weighted by Crippen LogP contribution is 2.25. The number of carbonyl (C=O) groups excluding carboxylic acids is 2. The Bertz CT molecular complexity index is 757. The van der Waals surface area contributed by atoms with Crippen LogP contribution in [0.1, 0.15) is 22.8 Å². The van der Waals surface area contributed by atoms with Crippen LogP contribution < -0.4 is 10.1 Å². The van der Waals surface area contributed by atoms with Gasteiger partial charge in [-0.05, 0) is 30.7 Å². The standard InChI is InChI=1S/C18H18N2O3/c1-12(17(21)19-14-7-5-8-15(10-14)23-2)20-11-13-6-3-4-9-16(13)18(20)22/h3-10,12H,11H2,1-2H3,(H,19,21). The smallest absolute Gasteiger partial charge is 0.255 e. The van der Waals surface area contributed by atoms with Crippen LogP contribution in [0.5, 0.6) is 5.75 Å². The van der Waals surface area contributed by atoms with Crippen LogP contribution in [0.2, 0.25) is 0 Å². The SMILES string of the molecule is COc1cccc(NC(=O)C(C)N2Cc3ccccc3C2=O)c1. The average Bonchev–Trinajstić information content (AvgIpc) is 2.91. The number of benzene rings is 2. The number of methoxy groups -OCH3 is 1. The molecule has 1 aliphatic heterocycles. The van der Waals surface area contributed by atoms with Crippen molar-refractivity contribution in [3.63, 3.8) is 0 Å². The molecule has 23 heavy (non-hydrogen) atoms. The summed E-state index contributed by atoms with van der Waals surface area (Å²) in [7, 11) is 1.57. The molecule has 1 aliphatic rings. The number of nitrogens with zero attached hydrogens (tertiary/aromatic N) is 1. The van der Waals surface area contributed by atoms with E-state index in [2.05, 4.69) is 5.32 Å². The summed E-state index contributed by atoms with van der Waals surface area (Å²) in [5.41, 5.74) is 2.28. The fraction of sp³-hybridized carbons (Fsp3) is 0.222. The van der Waals surface area contributed by atoms with Gasteiger partial charge in [-0.15, -0.1) is 0 Å². The van der Waals surface area contributed by atoms with Crippen LogP contribution in [0.25, 0.3) is 0 Å². The van der Waals surface area contributed by atoms with E-state index < -0.39 is 6.04 Å². The summed E-state index contributed by atoms with van der Waals surface area (Å²) in [4.78, 5) is 26.5. The molecule has 1 unspecified atom stereocenters. The van der Waals surface area contributed by atoms with Gasteiger partial charge in [-0.2, -0.15) is 0 Å². The van der Waals surface area contributed by atoms with Crippen molar-refractivity contribution < 1.29 is 14.3 Å². The highest BCUT2D eigenvalue weighted by Gasteiger charge is 2.33. The van der Waals surface area contributed by atoms with E-state index in [4.69, 9.17) is 4.74 Å². The number of nitrogens with one attached hydrogen (secondary N) is 1. The van der Waals surface area contributed by atoms with Crippen LogP contribution in [-0.2, 0) is 11.3 Å². The van der Waals surface area contributed by atoms with Gasteiger partial charge in [0.1, 0.15) is 11.8 Å². The molecular weight excluding hydrogens is 292 g/mol. The number of anilines is 1. The van der Waals surface area contributed by atoms with Crippen molar-refractivity contribution in [3.8, 4) is 5.75 Å². The number of amides is 2. The molecule has 0 aromatic heterocycles. The fourth-order valence-electron chi connectivity index (χ4n) is 2.68. The van der Waals surface area contributed by atoms with Crippen LogP contribution in [0, 0.1) is 0 Å². The molecule has 1 heterocycles. The molecule has 2 amide bonds. The quantitative estimate of drug-likeness (QED) is 0.944. The summed E-state index contributed by atoms with van der Waals surface area (Å²) < 4.78 is 5.14. The van der Waals surface area contributed by atoms with Crippen LogP contribution in [-0.4, -0.2) is 29.9 Å². The van der Waals surface area contributed by atoms with Crippen LogP contribution in [0.4, 0.5) is 5.69 Å². The Labute approximate surface area is 134 Å². The van der Waals surface area contributed by atoms with E-state index >= 15 is 0 Å². The maximum Gasteiger partial charge on any atom is 0.255 e. The first kappa shape index (κ1) is 15.1. The third kappa shape index (κ3) is 2.90. The molecular formula is C18H18N2O3. The van der Waals surface area contributed by atoms with E-state index in [0.29, 0.717) is 23.5 Å². The number of hydrogen-bond acceptors (Lipinski definition) is 3. The van der Waals surface area contributed by atoms with E-state index in [9.17, 15) is 9.59 Å². The van der Waals surface area contributed by atoms with Crippen LogP contribution in [0.15, 0.2) is 48.5 Å². The zero-order valence-electron chi connectivity index (χ0n) is 13.1. The second kappa shape index (κ2) is 6.12. The molecule has 118 valence electrons. The van der Waals surface area contributed by atoms with E-state index in [1.807, 2.05) is 18.2 Å². The Kier molecular flexibility index (Phi) is 4.02. The van der Waals surface area contributed by atoms with Crippen molar-refractivity contribution in [1.29, 1.82) is 0 Å². The lowest BCUT2D eigenvalue weighted by Crippen LogP contribution is -2.42. The van der Waals surface area contributed by atoms with Crippen molar-refractivity contribution in [2.75, 3.05) is 12.4 Å². The molecule has 0 bridgehead atoms. The third-order valence-corrected chi connectivity index (χ3v) is 4.03. The maximum absolute atomic E-state index is 12.4. The highest BCUT2D eigenvalue weighted by atomic mass is 16.5. The molecule has 5 heteroatoms. The van der Waals surface area contributed by atoms with Gasteiger partial charge in [0.2, 0.25) is 5.91 Å². The van der Waals surface area contributed by atoms with Gasteiger partial charge < -0.3 is 15.0 Å². The molecule has 0 saturated heterocycles. The van der Waals surface area contributed by atoms with Crippen molar-refractivity contribution in [1.82, 2.24) is 4.90 Å². The minimum atomic E-state index is -0.555. The predicted molar refractivity (Wildman–Crippen MR) is 87.4 cm³/mol. The van der Waals surface area contributed by atoms with Gasteiger partial charge in [-0.3, -0.25) is 9.59 Å². The molecule has 1 N–H and O–H groups in total. The largest absolute Gasteiger partial charge is 0.497 e. The summed E-state index contributed by atoms with van der Waals surface area (Å²) in [5.74, 6) is 0.341. The highest BCUT2D eigenvalue weighted by molar-refractivity contribution is 6.03. The second-order valence-electron chi connectivity index (χ2n) is 5.49. The minimum absolute atomic E-state index is 0.103. The second-order valence-corrected chi connectivity index (χ2v) is 5.49. The summed E-state index contributed by atoms with van der Waals surface area (Å²) in [6.45, 7) is 2.20. The van der Waals surface area contributed by atoms with Crippen molar-refractivity contribution >= 4 is 17.5 Å². The molecule has 0 saturated carbocycles. The number of fused-ring (bicyclic) bond motifs is 1. The predicted octanol–water partition coefficient (Wildman–Crippen LogP) is 2.68. The molecule has 0 fully saturated rings. The number of ether oxygens (including phenoxy) is 1. The lowest BCUT2D eigenvalue weighted by molar-refractivity contribution is -0.120. The zero-order valence-corrected chi connectivity index (χ0v) is 13.1. The fourth-order valence-corrected chi connectivity index (χ4v) is 2.68. The Morgan fingerprint density at radius 2 is 2.00 bits per heavy atom. The Morgan fingerprint density at radius 1 is 1.22 bits per heavy atom. The molecule has 1 atom stereocenters. The summed E-state index contributed by atoms with van der Waals surface area (Å²) in [5, 5.41) is 2.83. The minimum Gasteiger partial charge on any atom is -0.497 e. The monoisotopic (exact) mass is 310 g/mol. The molecule has 3 rings (SSSR count). The molecule has 2 aromatic carbocycles. The lowest BCUT2D eigenvalue weighted by atomic mass is 10.1. The van der Waals surface area contributed by atoms with Gasteiger partial charge in [0.25, 0.3) is 5.91 Å². The molecule has 5 nitrogen and oxygen atoms in total. The van der Waals surface area contributed by atoms with Crippen molar-refractivity contribution in [2.45, 2.75) is 19.5 Å². The number of rotatable bonds is 4. The first-order valence-electron chi connectivity index (χ1n) is 7.44. The van der Waals surface area contributed by atoms with Crippen molar-refractivity contribution in [2.24, 2.45) is 0 Å². The average molecular weight is 310 g/mol. The van der Waals surface area contributed by atoms with Crippen LogP contribution >= 0.6 is 0 Å². The zero-order chi connectivity index (χ0) is 16.4. The van der Waals surface area contributed by atoms with E-state index in [0.717, 1.165) is 5.56 Å². The first-order chi connectivity index (χ1) is 11.1. The van der Waals surface area contributed by atoms with Crippen molar-refractivity contribution in [3.05, 3.63) is 59.7 Å². The molecule has 0 radical (unpaired) electrons. The number of carbonyl (C=O) groups is 2. The number of hydrogen-bond donors (Lipinski definition) is 1. The van der Waals surface area contributed by atoms with Gasteiger partial charge in [-0.25, -0.2) is 0 Å². The van der Waals surface area contributed by atoms with E-state index in [-0.39, 0.29) is 11.8 Å².